The number of anilines is 2. The van der Waals surface area contributed by atoms with E-state index >= 15 is 0 Å². The van der Waals surface area contributed by atoms with Gasteiger partial charge in [-0.05, 0) is 64.7 Å². The number of carbonyl (C=O) groups is 1. The van der Waals surface area contributed by atoms with Crippen LogP contribution in [0.15, 0.2) is 65.5 Å². The number of rotatable bonds is 5. The maximum absolute atomic E-state index is 12.7. The highest BCUT2D eigenvalue weighted by Crippen LogP contribution is 2.31. The lowest BCUT2D eigenvalue weighted by Gasteiger charge is -2.32. The van der Waals surface area contributed by atoms with E-state index in [0.717, 1.165) is 40.0 Å². The zero-order valence-corrected chi connectivity index (χ0v) is 20.4. The Balaban J connectivity index is 1.27. The summed E-state index contributed by atoms with van der Waals surface area (Å²) in [6.07, 6.45) is 6.98. The first-order chi connectivity index (χ1) is 17.1. The third kappa shape index (κ3) is 5.10. The first-order valence-electron chi connectivity index (χ1n) is 11.3. The molecule has 1 aliphatic rings. The second-order valence-corrected chi connectivity index (χ2v) is 9.24. The zero-order valence-electron chi connectivity index (χ0n) is 18.9. The van der Waals surface area contributed by atoms with Crippen LogP contribution < -0.4 is 10.6 Å². The number of piperidine rings is 1. The van der Waals surface area contributed by atoms with Crippen LogP contribution in [0, 0.1) is 11.3 Å². The molecule has 0 saturated carbocycles. The van der Waals surface area contributed by atoms with Crippen molar-refractivity contribution >= 4 is 39.1 Å². The van der Waals surface area contributed by atoms with Gasteiger partial charge in [0, 0.05) is 55.4 Å². The SMILES string of the molecule is N#Cc1ccc(NC(=O)N2CCC(c3cc(NCc4cccnc4)n4ncc(Br)c4n3)CC2)cc1. The smallest absolute Gasteiger partial charge is 0.321 e. The Labute approximate surface area is 210 Å². The molecule has 0 aliphatic carbocycles. The average Bonchev–Trinajstić information content (AvgIpc) is 3.29. The summed E-state index contributed by atoms with van der Waals surface area (Å²) in [7, 11) is 0. The van der Waals surface area contributed by atoms with E-state index in [1.54, 1.807) is 41.2 Å². The van der Waals surface area contributed by atoms with E-state index in [1.807, 2.05) is 23.2 Å². The molecule has 5 rings (SSSR count). The normalized spacial score (nSPS) is 14.0. The minimum Gasteiger partial charge on any atom is -0.366 e. The minimum atomic E-state index is -0.131. The predicted molar refractivity (Wildman–Crippen MR) is 136 cm³/mol. The molecule has 0 radical (unpaired) electrons. The number of nitrogens with one attached hydrogen (secondary N) is 2. The topological polar surface area (TPSA) is 111 Å². The van der Waals surface area contributed by atoms with Crippen LogP contribution >= 0.6 is 15.9 Å². The van der Waals surface area contributed by atoms with Gasteiger partial charge in [-0.15, -0.1) is 0 Å². The molecular weight excluding hydrogens is 508 g/mol. The Morgan fingerprint density at radius 3 is 2.69 bits per heavy atom. The molecule has 35 heavy (non-hydrogen) atoms. The predicted octanol–water partition coefficient (Wildman–Crippen LogP) is 4.78. The molecule has 9 nitrogen and oxygen atoms in total. The molecule has 10 heteroatoms. The van der Waals surface area contributed by atoms with Crippen LogP contribution in [0.2, 0.25) is 0 Å². The highest BCUT2D eigenvalue weighted by Gasteiger charge is 2.26. The van der Waals surface area contributed by atoms with Crippen molar-refractivity contribution in [3.63, 3.8) is 0 Å². The third-order valence-corrected chi connectivity index (χ3v) is 6.67. The summed E-state index contributed by atoms with van der Waals surface area (Å²) < 4.78 is 2.63. The zero-order chi connectivity index (χ0) is 24.2. The van der Waals surface area contributed by atoms with Crippen LogP contribution in [0.3, 0.4) is 0 Å². The molecule has 4 aromatic rings. The fourth-order valence-corrected chi connectivity index (χ4v) is 4.54. The maximum Gasteiger partial charge on any atom is 0.321 e. The second kappa shape index (κ2) is 10.1. The third-order valence-electron chi connectivity index (χ3n) is 6.11. The maximum atomic E-state index is 12.7. The Morgan fingerprint density at radius 1 is 1.17 bits per heavy atom. The monoisotopic (exact) mass is 530 g/mol. The molecule has 3 aromatic heterocycles. The lowest BCUT2D eigenvalue weighted by Crippen LogP contribution is -2.40. The molecule has 1 saturated heterocycles. The van der Waals surface area contributed by atoms with E-state index in [0.29, 0.717) is 30.9 Å². The molecule has 0 bridgehead atoms. The van der Waals surface area contributed by atoms with Crippen LogP contribution in [-0.2, 0) is 6.54 Å². The van der Waals surface area contributed by atoms with Crippen molar-refractivity contribution in [2.75, 3.05) is 23.7 Å². The Morgan fingerprint density at radius 2 is 1.97 bits per heavy atom. The van der Waals surface area contributed by atoms with Crippen LogP contribution in [0.4, 0.5) is 16.3 Å². The van der Waals surface area contributed by atoms with Crippen molar-refractivity contribution < 1.29 is 4.79 Å². The summed E-state index contributed by atoms with van der Waals surface area (Å²) in [5, 5.41) is 19.8. The average molecular weight is 531 g/mol. The summed E-state index contributed by atoms with van der Waals surface area (Å²) in [6.45, 7) is 1.90. The number of amides is 2. The molecule has 0 spiro atoms. The number of nitrogens with zero attached hydrogens (tertiary/aromatic N) is 6. The van der Waals surface area contributed by atoms with Crippen molar-refractivity contribution in [3.8, 4) is 6.07 Å². The number of fused-ring (bicyclic) bond motifs is 1. The number of benzene rings is 1. The van der Waals surface area contributed by atoms with Crippen molar-refractivity contribution in [2.45, 2.75) is 25.3 Å². The van der Waals surface area contributed by atoms with Gasteiger partial charge in [0.25, 0.3) is 0 Å². The van der Waals surface area contributed by atoms with Crippen molar-refractivity contribution in [1.82, 2.24) is 24.5 Å². The molecule has 0 unspecified atom stereocenters. The van der Waals surface area contributed by atoms with Crippen LogP contribution in [0.25, 0.3) is 5.65 Å². The highest BCUT2D eigenvalue weighted by atomic mass is 79.9. The van der Waals surface area contributed by atoms with E-state index in [-0.39, 0.29) is 11.9 Å². The van der Waals surface area contributed by atoms with Gasteiger partial charge in [-0.3, -0.25) is 4.98 Å². The second-order valence-electron chi connectivity index (χ2n) is 8.39. The number of halogens is 1. The molecule has 176 valence electrons. The van der Waals surface area contributed by atoms with Gasteiger partial charge in [0.15, 0.2) is 5.65 Å². The molecule has 0 atom stereocenters. The summed E-state index contributed by atoms with van der Waals surface area (Å²) in [5.41, 5.74) is 4.06. The quantitative estimate of drug-likeness (QED) is 0.384. The van der Waals surface area contributed by atoms with Gasteiger partial charge in [-0.25, -0.2) is 9.78 Å². The fraction of sp³-hybridized carbons (Fsp3) is 0.240. The van der Waals surface area contributed by atoms with Crippen LogP contribution in [0.1, 0.15) is 35.6 Å². The van der Waals surface area contributed by atoms with Gasteiger partial charge in [0.2, 0.25) is 0 Å². The molecular formula is C25H23BrN8O. The Hall–Kier alpha value is -3.97. The van der Waals surface area contributed by atoms with Crippen LogP contribution in [-0.4, -0.2) is 43.6 Å². The van der Waals surface area contributed by atoms with E-state index < -0.39 is 0 Å². The number of hydrogen-bond donors (Lipinski definition) is 2. The molecule has 2 N–H and O–H groups in total. The largest absolute Gasteiger partial charge is 0.366 e. The van der Waals surface area contributed by atoms with Gasteiger partial charge >= 0.3 is 6.03 Å². The summed E-state index contributed by atoms with van der Waals surface area (Å²) in [5.74, 6) is 1.10. The summed E-state index contributed by atoms with van der Waals surface area (Å²) in [4.78, 5) is 23.6. The van der Waals surface area contributed by atoms with Gasteiger partial charge in [-0.2, -0.15) is 14.9 Å². The van der Waals surface area contributed by atoms with Crippen molar-refractivity contribution in [1.29, 1.82) is 5.26 Å². The molecule has 1 aliphatic heterocycles. The first-order valence-corrected chi connectivity index (χ1v) is 12.1. The molecule has 1 fully saturated rings. The standard InChI is InChI=1S/C25H23BrN8O/c26-21-16-30-34-23(29-15-18-2-1-9-28-14-18)12-22(32-24(21)34)19-7-10-33(11-8-19)25(35)31-20-5-3-17(13-27)4-6-20/h1-6,9,12,14,16,19,29H,7-8,10-11,15H2,(H,31,35). The molecule has 1 aromatic carbocycles. The van der Waals surface area contributed by atoms with Gasteiger partial charge in [0.05, 0.1) is 22.3 Å². The first kappa shape index (κ1) is 22.8. The highest BCUT2D eigenvalue weighted by molar-refractivity contribution is 9.10. The number of carbonyl (C=O) groups excluding carboxylic acids is 1. The van der Waals surface area contributed by atoms with Gasteiger partial charge in [0.1, 0.15) is 5.82 Å². The number of hydrogen-bond acceptors (Lipinski definition) is 6. The Kier molecular flexibility index (Phi) is 6.59. The van der Waals surface area contributed by atoms with Crippen LogP contribution in [0.5, 0.6) is 0 Å². The Bertz CT molecular complexity index is 1370. The minimum absolute atomic E-state index is 0.131. The number of likely N-dealkylation sites (tertiary alicyclic amines) is 1. The molecule has 2 amide bonds. The van der Waals surface area contributed by atoms with E-state index in [1.165, 1.54) is 0 Å². The van der Waals surface area contributed by atoms with E-state index in [9.17, 15) is 4.79 Å². The van der Waals surface area contributed by atoms with Gasteiger partial charge in [-0.1, -0.05) is 6.07 Å². The number of aromatic nitrogens is 4. The summed E-state index contributed by atoms with van der Waals surface area (Å²) >= 11 is 3.56. The van der Waals surface area contributed by atoms with Crippen molar-refractivity contribution in [2.24, 2.45) is 0 Å². The summed E-state index contributed by atoms with van der Waals surface area (Å²) in [6, 6.07) is 14.8. The van der Waals surface area contributed by atoms with E-state index in [2.05, 4.69) is 48.8 Å². The lowest BCUT2D eigenvalue weighted by molar-refractivity contribution is 0.194. The number of pyridine rings is 1. The molecule has 4 heterocycles. The van der Waals surface area contributed by atoms with Gasteiger partial charge < -0.3 is 15.5 Å². The van der Waals surface area contributed by atoms with Crippen molar-refractivity contribution in [3.05, 3.63) is 82.3 Å². The number of urea groups is 1. The van der Waals surface area contributed by atoms with E-state index in [4.69, 9.17) is 10.2 Å². The lowest BCUT2D eigenvalue weighted by atomic mass is 9.93. The number of nitriles is 1. The fourth-order valence-electron chi connectivity index (χ4n) is 4.19.